The third kappa shape index (κ3) is 8.62. The first-order chi connectivity index (χ1) is 13.6. The van der Waals surface area contributed by atoms with E-state index in [1.54, 1.807) is 0 Å². The number of aliphatic hydroxyl groups excluding tert-OH is 1. The fourth-order valence-electron chi connectivity index (χ4n) is 2.61. The summed E-state index contributed by atoms with van der Waals surface area (Å²) in [5, 5.41) is 20.8. The van der Waals surface area contributed by atoms with Crippen LogP contribution >= 0.6 is 0 Å². The Balaban J connectivity index is 0.000000203. The van der Waals surface area contributed by atoms with E-state index in [0.717, 1.165) is 18.7 Å². The number of aliphatic carboxylic acids is 1. The van der Waals surface area contributed by atoms with Crippen molar-refractivity contribution in [2.75, 3.05) is 0 Å². The van der Waals surface area contributed by atoms with Crippen molar-refractivity contribution in [3.8, 4) is 0 Å². The van der Waals surface area contributed by atoms with Crippen LogP contribution < -0.4 is 5.32 Å². The van der Waals surface area contributed by atoms with Gasteiger partial charge in [0.2, 0.25) is 0 Å². The van der Waals surface area contributed by atoms with Gasteiger partial charge in [-0.2, -0.15) is 0 Å². The molecule has 0 aromatic heterocycles. The molecule has 0 radical (unpaired) electrons. The predicted octanol–water partition coefficient (Wildman–Crippen LogP) is 4.04. The number of aliphatic hydroxyl groups is 1. The van der Waals surface area contributed by atoms with Gasteiger partial charge < -0.3 is 15.5 Å². The number of carbonyl (C=O) groups is 1. The lowest BCUT2D eigenvalue weighted by atomic mass is 10.1. The molecule has 0 aliphatic heterocycles. The summed E-state index contributed by atoms with van der Waals surface area (Å²) in [6, 6.07) is 30.4. The topological polar surface area (TPSA) is 69.6 Å². The minimum absolute atomic E-state index is 0.263. The Morgan fingerprint density at radius 3 is 1.50 bits per heavy atom. The van der Waals surface area contributed by atoms with Crippen LogP contribution in [-0.2, 0) is 24.3 Å². The second-order valence-corrected chi connectivity index (χ2v) is 6.45. The molecule has 0 bridgehead atoms. The summed E-state index contributed by atoms with van der Waals surface area (Å²) in [5.74, 6) is -1.16. The van der Waals surface area contributed by atoms with E-state index in [1.165, 1.54) is 11.1 Å². The number of hydrogen-bond donors (Lipinski definition) is 3. The molecule has 0 unspecified atom stereocenters. The Hall–Kier alpha value is -2.95. The maximum Gasteiger partial charge on any atom is 0.332 e. The second kappa shape index (κ2) is 12.4. The maximum absolute atomic E-state index is 10.3. The number of benzene rings is 3. The standard InChI is InChI=1S/C14H15N.C10H12O3/c1-3-7-13(8-4-1)11-15-12-14-9-5-2-6-10-14;11-9(10(12)13)7-6-8-4-2-1-3-5-8/h1-10,15H,11-12H2;1-5,9,11H,6-7H2,(H,12,13)/t;9-/m.1/s1. The minimum Gasteiger partial charge on any atom is -0.479 e. The molecule has 0 aliphatic rings. The highest BCUT2D eigenvalue weighted by molar-refractivity contribution is 5.71. The Bertz CT molecular complexity index is 752. The molecular weight excluding hydrogens is 350 g/mol. The molecule has 0 spiro atoms. The molecule has 3 aromatic carbocycles. The Kier molecular flexibility index (Phi) is 9.49. The van der Waals surface area contributed by atoms with Gasteiger partial charge in [-0.1, -0.05) is 91.0 Å². The zero-order valence-electron chi connectivity index (χ0n) is 15.9. The molecule has 0 heterocycles. The molecule has 3 N–H and O–H groups in total. The van der Waals surface area contributed by atoms with Gasteiger partial charge >= 0.3 is 5.97 Å². The molecule has 146 valence electrons. The first kappa shape index (κ1) is 21.4. The third-order valence-electron chi connectivity index (χ3n) is 4.18. The van der Waals surface area contributed by atoms with Crippen LogP contribution in [0.25, 0.3) is 0 Å². The van der Waals surface area contributed by atoms with E-state index in [4.69, 9.17) is 10.2 Å². The van der Waals surface area contributed by atoms with Crippen molar-refractivity contribution in [3.63, 3.8) is 0 Å². The number of aryl methyl sites for hydroxylation is 1. The summed E-state index contributed by atoms with van der Waals surface area (Å²) in [6.45, 7) is 1.85. The Morgan fingerprint density at radius 1 is 0.714 bits per heavy atom. The summed E-state index contributed by atoms with van der Waals surface area (Å²) in [6.07, 6.45) is -0.395. The lowest BCUT2D eigenvalue weighted by molar-refractivity contribution is -0.146. The van der Waals surface area contributed by atoms with E-state index >= 15 is 0 Å². The number of hydrogen-bond acceptors (Lipinski definition) is 3. The quantitative estimate of drug-likeness (QED) is 0.554. The van der Waals surface area contributed by atoms with Gasteiger partial charge in [-0.05, 0) is 29.5 Å². The van der Waals surface area contributed by atoms with Crippen LogP contribution in [0.4, 0.5) is 0 Å². The SMILES string of the molecule is O=C(O)[C@H](O)CCc1ccccc1.c1ccc(CNCc2ccccc2)cc1. The van der Waals surface area contributed by atoms with Crippen LogP contribution in [-0.4, -0.2) is 22.3 Å². The summed E-state index contributed by atoms with van der Waals surface area (Å²) >= 11 is 0. The smallest absolute Gasteiger partial charge is 0.332 e. The van der Waals surface area contributed by atoms with E-state index in [1.807, 2.05) is 42.5 Å². The molecule has 0 saturated carbocycles. The van der Waals surface area contributed by atoms with Crippen LogP contribution in [0, 0.1) is 0 Å². The molecule has 3 aromatic rings. The van der Waals surface area contributed by atoms with Crippen molar-refractivity contribution >= 4 is 5.97 Å². The molecular formula is C24H27NO3. The number of nitrogens with one attached hydrogen (secondary N) is 1. The number of rotatable bonds is 8. The van der Waals surface area contributed by atoms with Crippen LogP contribution in [0.1, 0.15) is 23.1 Å². The van der Waals surface area contributed by atoms with Crippen molar-refractivity contribution in [1.29, 1.82) is 0 Å². The van der Waals surface area contributed by atoms with Crippen LogP contribution in [0.3, 0.4) is 0 Å². The van der Waals surface area contributed by atoms with E-state index in [9.17, 15) is 4.79 Å². The first-order valence-electron chi connectivity index (χ1n) is 9.38. The Labute approximate surface area is 166 Å². The van der Waals surface area contributed by atoms with E-state index in [-0.39, 0.29) is 6.42 Å². The van der Waals surface area contributed by atoms with Crippen LogP contribution in [0.15, 0.2) is 91.0 Å². The normalized spacial score (nSPS) is 11.2. The average molecular weight is 377 g/mol. The molecule has 0 fully saturated rings. The van der Waals surface area contributed by atoms with Crippen molar-refractivity contribution in [1.82, 2.24) is 5.32 Å². The predicted molar refractivity (Wildman–Crippen MR) is 112 cm³/mol. The molecule has 0 amide bonds. The molecule has 1 atom stereocenters. The minimum atomic E-state index is -1.25. The van der Waals surface area contributed by atoms with Gasteiger partial charge in [0, 0.05) is 13.1 Å². The van der Waals surface area contributed by atoms with Gasteiger partial charge in [-0.15, -0.1) is 0 Å². The average Bonchev–Trinajstić information content (AvgIpc) is 2.75. The van der Waals surface area contributed by atoms with Crippen molar-refractivity contribution in [3.05, 3.63) is 108 Å². The maximum atomic E-state index is 10.3. The zero-order valence-corrected chi connectivity index (χ0v) is 15.9. The van der Waals surface area contributed by atoms with Crippen LogP contribution in [0.5, 0.6) is 0 Å². The van der Waals surface area contributed by atoms with E-state index in [2.05, 4.69) is 53.8 Å². The molecule has 28 heavy (non-hydrogen) atoms. The fourth-order valence-corrected chi connectivity index (χ4v) is 2.61. The van der Waals surface area contributed by atoms with Gasteiger partial charge in [0.1, 0.15) is 0 Å². The number of carboxylic acid groups (broad SMARTS) is 1. The zero-order chi connectivity index (χ0) is 20.0. The molecule has 4 heteroatoms. The summed E-state index contributed by atoms with van der Waals surface area (Å²) in [5.41, 5.74) is 3.70. The summed E-state index contributed by atoms with van der Waals surface area (Å²) in [4.78, 5) is 10.3. The lowest BCUT2D eigenvalue weighted by Crippen LogP contribution is -2.19. The summed E-state index contributed by atoms with van der Waals surface area (Å²) in [7, 11) is 0. The van der Waals surface area contributed by atoms with Gasteiger partial charge in [-0.3, -0.25) is 0 Å². The first-order valence-corrected chi connectivity index (χ1v) is 9.38. The van der Waals surface area contributed by atoms with Crippen molar-refractivity contribution in [2.45, 2.75) is 32.0 Å². The van der Waals surface area contributed by atoms with Crippen molar-refractivity contribution < 1.29 is 15.0 Å². The largest absolute Gasteiger partial charge is 0.479 e. The van der Waals surface area contributed by atoms with Gasteiger partial charge in [-0.25, -0.2) is 4.79 Å². The molecule has 0 aliphatic carbocycles. The van der Waals surface area contributed by atoms with Crippen molar-refractivity contribution in [2.24, 2.45) is 0 Å². The highest BCUT2D eigenvalue weighted by Gasteiger charge is 2.11. The Morgan fingerprint density at radius 2 is 1.11 bits per heavy atom. The van der Waals surface area contributed by atoms with E-state index in [0.29, 0.717) is 6.42 Å². The number of carboxylic acids is 1. The van der Waals surface area contributed by atoms with E-state index < -0.39 is 12.1 Å². The third-order valence-corrected chi connectivity index (χ3v) is 4.18. The van der Waals surface area contributed by atoms with Gasteiger partial charge in [0.05, 0.1) is 0 Å². The molecule has 4 nitrogen and oxygen atoms in total. The highest BCUT2D eigenvalue weighted by atomic mass is 16.4. The van der Waals surface area contributed by atoms with Gasteiger partial charge in [0.25, 0.3) is 0 Å². The van der Waals surface area contributed by atoms with Gasteiger partial charge in [0.15, 0.2) is 6.10 Å². The molecule has 0 saturated heterocycles. The summed E-state index contributed by atoms with van der Waals surface area (Å²) < 4.78 is 0. The monoisotopic (exact) mass is 377 g/mol. The molecule has 3 rings (SSSR count). The second-order valence-electron chi connectivity index (χ2n) is 6.45. The van der Waals surface area contributed by atoms with Crippen LogP contribution in [0.2, 0.25) is 0 Å². The fraction of sp³-hybridized carbons (Fsp3) is 0.208. The highest BCUT2D eigenvalue weighted by Crippen LogP contribution is 2.04. The lowest BCUT2D eigenvalue weighted by Gasteiger charge is -2.04.